The van der Waals surface area contributed by atoms with E-state index in [2.05, 4.69) is 27.7 Å². The first-order valence-corrected chi connectivity index (χ1v) is 12.2. The summed E-state index contributed by atoms with van der Waals surface area (Å²) in [5, 5.41) is 0. The summed E-state index contributed by atoms with van der Waals surface area (Å²) >= 11 is 0. The standard InChI is InChI=1S/C27H33N3O2/c31-27(22-9-3-1-4-10-22)29-17-15-21(16-18-29)19-30-25-14-8-7-13-24(25)28-26(30)20-32-23-11-5-2-6-12-23/h2,5-8,11-14,21-22H,1,3-4,9-10,15-20H2. The third kappa shape index (κ3) is 4.67. The number of ether oxygens (including phenoxy) is 1. The number of carbonyl (C=O) groups is 1. The highest BCUT2D eigenvalue weighted by molar-refractivity contribution is 5.79. The molecule has 32 heavy (non-hydrogen) atoms. The molecule has 2 aliphatic rings. The van der Waals surface area contributed by atoms with E-state index in [0.29, 0.717) is 18.4 Å². The first-order valence-electron chi connectivity index (χ1n) is 12.2. The normalized spacial score (nSPS) is 18.2. The minimum atomic E-state index is 0.277. The van der Waals surface area contributed by atoms with E-state index in [0.717, 1.165) is 62.4 Å². The summed E-state index contributed by atoms with van der Waals surface area (Å²) < 4.78 is 8.37. The lowest BCUT2D eigenvalue weighted by Gasteiger charge is -2.35. The van der Waals surface area contributed by atoms with Crippen LogP contribution in [-0.4, -0.2) is 33.4 Å². The van der Waals surface area contributed by atoms with Gasteiger partial charge in [0.05, 0.1) is 11.0 Å². The highest BCUT2D eigenvalue weighted by atomic mass is 16.5. The smallest absolute Gasteiger partial charge is 0.225 e. The molecule has 0 N–H and O–H groups in total. The number of para-hydroxylation sites is 3. The van der Waals surface area contributed by atoms with E-state index >= 15 is 0 Å². The molecule has 0 bridgehead atoms. The molecule has 1 aliphatic heterocycles. The first-order chi connectivity index (χ1) is 15.8. The van der Waals surface area contributed by atoms with E-state index in [4.69, 9.17) is 9.72 Å². The van der Waals surface area contributed by atoms with Crippen molar-refractivity contribution in [3.05, 3.63) is 60.4 Å². The molecule has 1 amide bonds. The Labute approximate surface area is 190 Å². The van der Waals surface area contributed by atoms with Crippen molar-refractivity contribution >= 4 is 16.9 Å². The summed E-state index contributed by atoms with van der Waals surface area (Å²) in [7, 11) is 0. The number of aromatic nitrogens is 2. The van der Waals surface area contributed by atoms with E-state index in [9.17, 15) is 4.79 Å². The molecule has 1 saturated heterocycles. The Morgan fingerprint density at radius 1 is 0.906 bits per heavy atom. The van der Waals surface area contributed by atoms with Crippen LogP contribution in [-0.2, 0) is 17.9 Å². The van der Waals surface area contributed by atoms with Crippen molar-refractivity contribution in [3.63, 3.8) is 0 Å². The van der Waals surface area contributed by atoms with E-state index in [1.807, 2.05) is 36.4 Å². The fraction of sp³-hybridized carbons (Fsp3) is 0.481. The molecule has 5 heteroatoms. The third-order valence-corrected chi connectivity index (χ3v) is 7.17. The van der Waals surface area contributed by atoms with E-state index in [-0.39, 0.29) is 5.92 Å². The van der Waals surface area contributed by atoms with Gasteiger partial charge >= 0.3 is 0 Å². The minimum Gasteiger partial charge on any atom is -0.486 e. The van der Waals surface area contributed by atoms with Gasteiger partial charge < -0.3 is 14.2 Å². The monoisotopic (exact) mass is 431 g/mol. The molecule has 0 unspecified atom stereocenters. The second-order valence-electron chi connectivity index (χ2n) is 9.33. The van der Waals surface area contributed by atoms with Crippen molar-refractivity contribution in [2.75, 3.05) is 13.1 Å². The van der Waals surface area contributed by atoms with Crippen LogP contribution >= 0.6 is 0 Å². The van der Waals surface area contributed by atoms with Crippen molar-refractivity contribution < 1.29 is 9.53 Å². The van der Waals surface area contributed by atoms with Gasteiger partial charge in [-0.2, -0.15) is 0 Å². The van der Waals surface area contributed by atoms with Crippen molar-refractivity contribution in [3.8, 4) is 5.75 Å². The van der Waals surface area contributed by atoms with Crippen LogP contribution < -0.4 is 4.74 Å². The molecule has 5 rings (SSSR count). The molecule has 3 aromatic rings. The fourth-order valence-corrected chi connectivity index (χ4v) is 5.31. The molecule has 1 aliphatic carbocycles. The van der Waals surface area contributed by atoms with Crippen molar-refractivity contribution in [1.82, 2.24) is 14.5 Å². The highest BCUT2D eigenvalue weighted by Gasteiger charge is 2.29. The Bertz CT molecular complexity index is 1030. The molecule has 1 saturated carbocycles. The fourth-order valence-electron chi connectivity index (χ4n) is 5.31. The number of nitrogens with zero attached hydrogens (tertiary/aromatic N) is 3. The Morgan fingerprint density at radius 3 is 2.41 bits per heavy atom. The van der Waals surface area contributed by atoms with Crippen LogP contribution in [0, 0.1) is 11.8 Å². The average Bonchev–Trinajstić information content (AvgIpc) is 3.21. The maximum Gasteiger partial charge on any atom is 0.225 e. The second-order valence-corrected chi connectivity index (χ2v) is 9.33. The summed E-state index contributed by atoms with van der Waals surface area (Å²) in [5.41, 5.74) is 2.18. The number of likely N-dealkylation sites (tertiary alicyclic amines) is 1. The van der Waals surface area contributed by atoms with Crippen LogP contribution in [0.3, 0.4) is 0 Å². The largest absolute Gasteiger partial charge is 0.486 e. The van der Waals surface area contributed by atoms with Crippen LogP contribution in [0.1, 0.15) is 50.8 Å². The zero-order valence-corrected chi connectivity index (χ0v) is 18.8. The first kappa shape index (κ1) is 21.0. The molecular formula is C27H33N3O2. The van der Waals surface area contributed by atoms with Gasteiger partial charge in [-0.15, -0.1) is 0 Å². The van der Waals surface area contributed by atoms with Crippen molar-refractivity contribution in [1.29, 1.82) is 0 Å². The molecular weight excluding hydrogens is 398 g/mol. The molecule has 2 fully saturated rings. The van der Waals surface area contributed by atoms with Crippen LogP contribution in [0.15, 0.2) is 54.6 Å². The maximum absolute atomic E-state index is 12.9. The number of amides is 1. The van der Waals surface area contributed by atoms with Gasteiger partial charge in [0.1, 0.15) is 18.2 Å². The molecule has 0 spiro atoms. The molecule has 168 valence electrons. The number of fused-ring (bicyclic) bond motifs is 1. The minimum absolute atomic E-state index is 0.277. The Morgan fingerprint density at radius 2 is 1.62 bits per heavy atom. The number of carbonyl (C=O) groups excluding carboxylic acids is 1. The lowest BCUT2D eigenvalue weighted by Crippen LogP contribution is -2.42. The van der Waals surface area contributed by atoms with Crippen molar-refractivity contribution in [2.45, 2.75) is 58.1 Å². The van der Waals surface area contributed by atoms with Crippen LogP contribution in [0.4, 0.5) is 0 Å². The summed E-state index contributed by atoms with van der Waals surface area (Å²) in [4.78, 5) is 19.9. The predicted molar refractivity (Wildman–Crippen MR) is 126 cm³/mol. The number of hydrogen-bond acceptors (Lipinski definition) is 3. The number of benzene rings is 2. The van der Waals surface area contributed by atoms with E-state index < -0.39 is 0 Å². The average molecular weight is 432 g/mol. The molecule has 2 heterocycles. The van der Waals surface area contributed by atoms with Gasteiger partial charge in [0.2, 0.25) is 5.91 Å². The van der Waals surface area contributed by atoms with Crippen LogP contribution in [0.2, 0.25) is 0 Å². The van der Waals surface area contributed by atoms with Gasteiger partial charge in [0, 0.05) is 25.6 Å². The second kappa shape index (κ2) is 9.76. The van der Waals surface area contributed by atoms with E-state index in [1.54, 1.807) is 0 Å². The SMILES string of the molecule is O=C(C1CCCCC1)N1CCC(Cn2c(COc3ccccc3)nc3ccccc32)CC1. The Balaban J connectivity index is 1.25. The zero-order valence-electron chi connectivity index (χ0n) is 18.8. The van der Waals surface area contributed by atoms with Crippen LogP contribution in [0.5, 0.6) is 5.75 Å². The third-order valence-electron chi connectivity index (χ3n) is 7.17. The predicted octanol–water partition coefficient (Wildman–Crippen LogP) is 5.43. The topological polar surface area (TPSA) is 47.4 Å². The zero-order chi connectivity index (χ0) is 21.8. The number of piperidine rings is 1. The molecule has 0 radical (unpaired) electrons. The van der Waals surface area contributed by atoms with Gasteiger partial charge in [-0.3, -0.25) is 4.79 Å². The number of rotatable bonds is 6. The lowest BCUT2D eigenvalue weighted by atomic mass is 9.87. The summed E-state index contributed by atoms with van der Waals surface area (Å²) in [5.74, 6) is 3.07. The van der Waals surface area contributed by atoms with Gasteiger partial charge in [-0.1, -0.05) is 49.6 Å². The summed E-state index contributed by atoms with van der Waals surface area (Å²) in [6.45, 7) is 3.17. The molecule has 1 aromatic heterocycles. The van der Waals surface area contributed by atoms with E-state index in [1.165, 1.54) is 24.8 Å². The highest BCUT2D eigenvalue weighted by Crippen LogP contribution is 2.29. The van der Waals surface area contributed by atoms with Crippen molar-refractivity contribution in [2.24, 2.45) is 11.8 Å². The number of hydrogen-bond donors (Lipinski definition) is 0. The van der Waals surface area contributed by atoms with Gasteiger partial charge in [0.25, 0.3) is 0 Å². The quantitative estimate of drug-likeness (QED) is 0.523. The Kier molecular flexibility index (Phi) is 6.42. The molecule has 2 aromatic carbocycles. The number of imidazole rings is 1. The molecule has 0 atom stereocenters. The Hall–Kier alpha value is -2.82. The summed E-state index contributed by atoms with van der Waals surface area (Å²) in [6, 6.07) is 18.3. The van der Waals surface area contributed by atoms with Crippen LogP contribution in [0.25, 0.3) is 11.0 Å². The van der Waals surface area contributed by atoms with Gasteiger partial charge in [-0.25, -0.2) is 4.98 Å². The van der Waals surface area contributed by atoms with Gasteiger partial charge in [-0.05, 0) is 55.9 Å². The summed E-state index contributed by atoms with van der Waals surface area (Å²) in [6.07, 6.45) is 8.02. The lowest BCUT2D eigenvalue weighted by molar-refractivity contribution is -0.138. The maximum atomic E-state index is 12.9. The molecule has 5 nitrogen and oxygen atoms in total. The van der Waals surface area contributed by atoms with Gasteiger partial charge in [0.15, 0.2) is 0 Å².